The Balaban J connectivity index is 1.81. The van der Waals surface area contributed by atoms with Gasteiger partial charge in [0.05, 0.1) is 4.90 Å². The highest BCUT2D eigenvalue weighted by Gasteiger charge is 2.11. The number of sulfone groups is 1. The van der Waals surface area contributed by atoms with Gasteiger partial charge < -0.3 is 9.88 Å². The normalized spacial score (nSPS) is 11.3. The van der Waals surface area contributed by atoms with Crippen molar-refractivity contribution in [2.45, 2.75) is 4.90 Å². The fourth-order valence-corrected chi connectivity index (χ4v) is 2.97. The zero-order valence-corrected chi connectivity index (χ0v) is 14.5. The molecule has 8 heteroatoms. The Bertz CT molecular complexity index is 1020. The van der Waals surface area contributed by atoms with Crippen molar-refractivity contribution in [1.29, 1.82) is 0 Å². The fraction of sp³-hybridized carbons (Fsp3) is 0.118. The van der Waals surface area contributed by atoms with E-state index in [1.165, 1.54) is 24.3 Å². The van der Waals surface area contributed by atoms with E-state index in [4.69, 9.17) is 0 Å². The molecular formula is C17H16N4O3S. The number of amides is 1. The summed E-state index contributed by atoms with van der Waals surface area (Å²) < 4.78 is 24.7. The Hall–Kier alpha value is -3.00. The minimum absolute atomic E-state index is 0.174. The molecule has 0 spiro atoms. The van der Waals surface area contributed by atoms with Crippen molar-refractivity contribution >= 4 is 21.4 Å². The monoisotopic (exact) mass is 356 g/mol. The molecule has 1 heterocycles. The summed E-state index contributed by atoms with van der Waals surface area (Å²) in [7, 11) is -1.45. The van der Waals surface area contributed by atoms with Gasteiger partial charge in [0.25, 0.3) is 5.91 Å². The number of nitrogens with zero attached hydrogens (tertiary/aromatic N) is 3. The van der Waals surface area contributed by atoms with E-state index in [1.807, 2.05) is 19.2 Å². The molecule has 0 fully saturated rings. The van der Waals surface area contributed by atoms with Gasteiger partial charge in [-0.15, -0.1) is 10.2 Å². The van der Waals surface area contributed by atoms with Crippen LogP contribution in [0.1, 0.15) is 10.4 Å². The first-order valence-electron chi connectivity index (χ1n) is 7.40. The number of carbonyl (C=O) groups is 1. The number of hydrogen-bond acceptors (Lipinski definition) is 5. The van der Waals surface area contributed by atoms with Gasteiger partial charge in [0.1, 0.15) is 6.33 Å². The van der Waals surface area contributed by atoms with E-state index in [1.54, 1.807) is 23.0 Å². The molecule has 3 aromatic rings. The van der Waals surface area contributed by atoms with Crippen LogP contribution < -0.4 is 5.32 Å². The Morgan fingerprint density at radius 2 is 1.84 bits per heavy atom. The molecule has 0 aliphatic rings. The number of aromatic nitrogens is 3. The van der Waals surface area contributed by atoms with Gasteiger partial charge in [-0.25, -0.2) is 8.42 Å². The van der Waals surface area contributed by atoms with Crippen LogP contribution in [0.15, 0.2) is 59.8 Å². The average molecular weight is 356 g/mol. The van der Waals surface area contributed by atoms with Crippen LogP contribution in [0.3, 0.4) is 0 Å². The van der Waals surface area contributed by atoms with Gasteiger partial charge in [0, 0.05) is 30.1 Å². The molecule has 0 saturated heterocycles. The predicted molar refractivity (Wildman–Crippen MR) is 93.9 cm³/mol. The van der Waals surface area contributed by atoms with Crippen molar-refractivity contribution in [3.8, 4) is 11.4 Å². The number of nitrogens with one attached hydrogen (secondary N) is 1. The lowest BCUT2D eigenvalue weighted by Crippen LogP contribution is -2.12. The zero-order valence-electron chi connectivity index (χ0n) is 13.7. The smallest absolute Gasteiger partial charge is 0.255 e. The molecule has 128 valence electrons. The van der Waals surface area contributed by atoms with Gasteiger partial charge in [-0.05, 0) is 36.4 Å². The predicted octanol–water partition coefficient (Wildman–Crippen LogP) is 2.14. The molecule has 7 nitrogen and oxygen atoms in total. The van der Waals surface area contributed by atoms with Gasteiger partial charge in [-0.1, -0.05) is 12.1 Å². The molecule has 0 radical (unpaired) electrons. The van der Waals surface area contributed by atoms with Crippen molar-refractivity contribution in [2.24, 2.45) is 7.05 Å². The second-order valence-electron chi connectivity index (χ2n) is 5.60. The van der Waals surface area contributed by atoms with Crippen LogP contribution in [-0.4, -0.2) is 35.3 Å². The van der Waals surface area contributed by atoms with Gasteiger partial charge in [0.15, 0.2) is 15.7 Å². The summed E-state index contributed by atoms with van der Waals surface area (Å²) in [4.78, 5) is 12.5. The molecule has 0 atom stereocenters. The lowest BCUT2D eigenvalue weighted by atomic mass is 10.1. The topological polar surface area (TPSA) is 93.9 Å². The molecule has 3 rings (SSSR count). The first-order chi connectivity index (χ1) is 11.8. The maximum absolute atomic E-state index is 12.3. The summed E-state index contributed by atoms with van der Waals surface area (Å²) >= 11 is 0. The number of anilines is 1. The fourth-order valence-electron chi connectivity index (χ4n) is 2.34. The Morgan fingerprint density at radius 1 is 1.12 bits per heavy atom. The number of carbonyl (C=O) groups excluding carboxylic acids is 1. The zero-order chi connectivity index (χ0) is 18.0. The number of aryl methyl sites for hydroxylation is 1. The van der Waals surface area contributed by atoms with Crippen LogP contribution in [-0.2, 0) is 16.9 Å². The van der Waals surface area contributed by atoms with Crippen LogP contribution in [0, 0.1) is 0 Å². The van der Waals surface area contributed by atoms with Crippen LogP contribution in [0.25, 0.3) is 11.4 Å². The number of benzene rings is 2. The van der Waals surface area contributed by atoms with E-state index in [0.717, 1.165) is 11.8 Å². The third-order valence-corrected chi connectivity index (χ3v) is 4.76. The molecule has 1 aromatic heterocycles. The third-order valence-electron chi connectivity index (χ3n) is 3.63. The maximum atomic E-state index is 12.3. The average Bonchev–Trinajstić information content (AvgIpc) is 3.00. The molecule has 0 saturated carbocycles. The first kappa shape index (κ1) is 16.8. The van der Waals surface area contributed by atoms with E-state index >= 15 is 0 Å². The maximum Gasteiger partial charge on any atom is 0.255 e. The minimum atomic E-state index is -3.29. The SMILES string of the molecule is Cn1cnnc1-c1cccc(NC(=O)c2ccc(S(C)(=O)=O)cc2)c1. The second-order valence-corrected chi connectivity index (χ2v) is 7.61. The van der Waals surface area contributed by atoms with Crippen molar-refractivity contribution < 1.29 is 13.2 Å². The molecule has 0 aliphatic heterocycles. The summed E-state index contributed by atoms with van der Waals surface area (Å²) in [5.41, 5.74) is 1.80. The Kier molecular flexibility index (Phi) is 4.37. The van der Waals surface area contributed by atoms with Gasteiger partial charge in [-0.2, -0.15) is 0 Å². The van der Waals surface area contributed by atoms with E-state index in [0.29, 0.717) is 17.1 Å². The van der Waals surface area contributed by atoms with Gasteiger partial charge >= 0.3 is 0 Å². The van der Waals surface area contributed by atoms with E-state index in [-0.39, 0.29) is 10.8 Å². The van der Waals surface area contributed by atoms with E-state index in [9.17, 15) is 13.2 Å². The molecule has 1 amide bonds. The van der Waals surface area contributed by atoms with Crippen molar-refractivity contribution in [3.05, 3.63) is 60.4 Å². The van der Waals surface area contributed by atoms with Gasteiger partial charge in [-0.3, -0.25) is 4.79 Å². The quantitative estimate of drug-likeness (QED) is 0.773. The molecule has 2 aromatic carbocycles. The lowest BCUT2D eigenvalue weighted by Gasteiger charge is -2.08. The van der Waals surface area contributed by atoms with Crippen LogP contribution in [0.5, 0.6) is 0 Å². The summed E-state index contributed by atoms with van der Waals surface area (Å²) in [6.45, 7) is 0. The van der Waals surface area contributed by atoms with E-state index in [2.05, 4.69) is 15.5 Å². The second kappa shape index (κ2) is 6.48. The summed E-state index contributed by atoms with van der Waals surface area (Å²) in [5, 5.41) is 10.7. The van der Waals surface area contributed by atoms with Crippen molar-refractivity contribution in [2.75, 3.05) is 11.6 Å². The Labute approximate surface area is 145 Å². The highest BCUT2D eigenvalue weighted by Crippen LogP contribution is 2.21. The largest absolute Gasteiger partial charge is 0.322 e. The summed E-state index contributed by atoms with van der Waals surface area (Å²) in [6.07, 6.45) is 2.73. The van der Waals surface area contributed by atoms with Crippen LogP contribution >= 0.6 is 0 Å². The Morgan fingerprint density at radius 3 is 2.44 bits per heavy atom. The molecule has 0 bridgehead atoms. The standard InChI is InChI=1S/C17H16N4O3S/c1-21-11-18-20-16(21)13-4-3-5-14(10-13)19-17(22)12-6-8-15(9-7-12)25(2,23)24/h3-11H,1-2H3,(H,19,22). The summed E-state index contributed by atoms with van der Waals surface area (Å²) in [6, 6.07) is 13.1. The van der Waals surface area contributed by atoms with Crippen molar-refractivity contribution in [3.63, 3.8) is 0 Å². The minimum Gasteiger partial charge on any atom is -0.322 e. The molecule has 0 unspecified atom stereocenters. The van der Waals surface area contributed by atoms with Crippen LogP contribution in [0.2, 0.25) is 0 Å². The third kappa shape index (κ3) is 3.74. The lowest BCUT2D eigenvalue weighted by molar-refractivity contribution is 0.102. The number of rotatable bonds is 4. The highest BCUT2D eigenvalue weighted by atomic mass is 32.2. The number of hydrogen-bond donors (Lipinski definition) is 1. The summed E-state index contributed by atoms with van der Waals surface area (Å²) in [5.74, 6) is 0.365. The molecule has 0 aliphatic carbocycles. The van der Waals surface area contributed by atoms with E-state index < -0.39 is 9.84 Å². The molecule has 1 N–H and O–H groups in total. The highest BCUT2D eigenvalue weighted by molar-refractivity contribution is 7.90. The van der Waals surface area contributed by atoms with Crippen LogP contribution in [0.4, 0.5) is 5.69 Å². The molecular weight excluding hydrogens is 340 g/mol. The first-order valence-corrected chi connectivity index (χ1v) is 9.29. The van der Waals surface area contributed by atoms with Crippen molar-refractivity contribution in [1.82, 2.24) is 14.8 Å². The van der Waals surface area contributed by atoms with Gasteiger partial charge in [0.2, 0.25) is 0 Å². The molecule has 25 heavy (non-hydrogen) atoms.